The number of aryl methyl sites for hydroxylation is 1. The van der Waals surface area contributed by atoms with Gasteiger partial charge in [-0.1, -0.05) is 30.3 Å². The summed E-state index contributed by atoms with van der Waals surface area (Å²) in [5, 5.41) is 3.07. The van der Waals surface area contributed by atoms with E-state index in [0.29, 0.717) is 12.3 Å². The molecule has 0 spiro atoms. The number of nitrogens with zero attached hydrogens (tertiary/aromatic N) is 1. The second-order valence-electron chi connectivity index (χ2n) is 8.24. The van der Waals surface area contributed by atoms with Gasteiger partial charge in [-0.05, 0) is 68.4 Å². The Kier molecular flexibility index (Phi) is 4.50. The molecule has 0 radical (unpaired) electrons. The van der Waals surface area contributed by atoms with Gasteiger partial charge in [0.05, 0.1) is 5.41 Å². The van der Waals surface area contributed by atoms with Crippen molar-refractivity contribution in [3.8, 4) is 0 Å². The Morgan fingerprint density at radius 3 is 2.56 bits per heavy atom. The summed E-state index contributed by atoms with van der Waals surface area (Å²) in [6.45, 7) is 4.71. The van der Waals surface area contributed by atoms with Gasteiger partial charge in [0, 0.05) is 24.3 Å². The van der Waals surface area contributed by atoms with Crippen LogP contribution in [0, 0.1) is 5.92 Å². The number of hydrogen-bond donors (Lipinski definition) is 1. The first-order valence-electron chi connectivity index (χ1n) is 9.75. The topological polar surface area (TPSA) is 49.4 Å². The molecule has 4 heteroatoms. The molecule has 1 aliphatic heterocycles. The second-order valence-corrected chi connectivity index (χ2v) is 8.24. The highest BCUT2D eigenvalue weighted by Crippen LogP contribution is 2.36. The Hall–Kier alpha value is -2.62. The number of benzene rings is 2. The first kappa shape index (κ1) is 17.8. The molecule has 140 valence electrons. The van der Waals surface area contributed by atoms with E-state index in [-0.39, 0.29) is 11.8 Å². The molecule has 4 rings (SSSR count). The Balaban J connectivity index is 1.53. The SMILES string of the molecule is CC(C)(C(=O)Nc1ccc2c(c1)CCC(=O)N2CC1CC1)c1ccccc1. The number of amides is 2. The summed E-state index contributed by atoms with van der Waals surface area (Å²) in [4.78, 5) is 27.2. The van der Waals surface area contributed by atoms with Crippen molar-refractivity contribution < 1.29 is 9.59 Å². The molecular formula is C23H26N2O2. The molecule has 1 aliphatic carbocycles. The number of carbonyl (C=O) groups excluding carboxylic acids is 2. The molecule has 1 N–H and O–H groups in total. The Bertz CT molecular complexity index is 869. The van der Waals surface area contributed by atoms with Crippen molar-refractivity contribution in [1.29, 1.82) is 0 Å². The standard InChI is InChI=1S/C23H26N2O2/c1-23(2,18-6-4-3-5-7-18)22(27)24-19-11-12-20-17(14-19)10-13-21(26)25(20)15-16-8-9-16/h3-7,11-12,14,16H,8-10,13,15H2,1-2H3,(H,24,27). The third kappa shape index (κ3) is 3.61. The summed E-state index contributed by atoms with van der Waals surface area (Å²) in [5.41, 5.74) is 3.32. The normalized spacial score (nSPS) is 16.8. The van der Waals surface area contributed by atoms with Crippen LogP contribution in [-0.2, 0) is 21.4 Å². The van der Waals surface area contributed by atoms with Crippen LogP contribution in [0.1, 0.15) is 44.2 Å². The smallest absolute Gasteiger partial charge is 0.234 e. The number of carbonyl (C=O) groups is 2. The summed E-state index contributed by atoms with van der Waals surface area (Å²) in [7, 11) is 0. The van der Waals surface area contributed by atoms with E-state index in [9.17, 15) is 9.59 Å². The third-order valence-corrected chi connectivity index (χ3v) is 5.74. The maximum Gasteiger partial charge on any atom is 0.234 e. The lowest BCUT2D eigenvalue weighted by molar-refractivity contribution is -0.120. The van der Waals surface area contributed by atoms with Crippen LogP contribution in [0.2, 0.25) is 0 Å². The van der Waals surface area contributed by atoms with Gasteiger partial charge >= 0.3 is 0 Å². The number of rotatable bonds is 5. The molecule has 0 bridgehead atoms. The van der Waals surface area contributed by atoms with Gasteiger partial charge in [-0.3, -0.25) is 9.59 Å². The Morgan fingerprint density at radius 1 is 1.11 bits per heavy atom. The van der Waals surface area contributed by atoms with Crippen LogP contribution in [0.5, 0.6) is 0 Å². The van der Waals surface area contributed by atoms with E-state index in [1.165, 1.54) is 12.8 Å². The summed E-state index contributed by atoms with van der Waals surface area (Å²) in [6.07, 6.45) is 3.73. The lowest BCUT2D eigenvalue weighted by atomic mass is 9.83. The van der Waals surface area contributed by atoms with E-state index in [4.69, 9.17) is 0 Å². The van der Waals surface area contributed by atoms with Gasteiger partial charge in [0.25, 0.3) is 0 Å². The molecule has 27 heavy (non-hydrogen) atoms. The first-order chi connectivity index (χ1) is 12.9. The molecular weight excluding hydrogens is 336 g/mol. The fraction of sp³-hybridized carbons (Fsp3) is 0.391. The van der Waals surface area contributed by atoms with Crippen molar-refractivity contribution in [2.75, 3.05) is 16.8 Å². The average molecular weight is 362 g/mol. The van der Waals surface area contributed by atoms with Gasteiger partial charge < -0.3 is 10.2 Å². The maximum atomic E-state index is 12.9. The van der Waals surface area contributed by atoms with Crippen molar-refractivity contribution in [2.45, 2.75) is 44.9 Å². The molecule has 0 unspecified atom stereocenters. The van der Waals surface area contributed by atoms with E-state index in [1.807, 2.05) is 67.3 Å². The lowest BCUT2D eigenvalue weighted by Crippen LogP contribution is -2.37. The van der Waals surface area contributed by atoms with Crippen molar-refractivity contribution >= 4 is 23.2 Å². The highest BCUT2D eigenvalue weighted by molar-refractivity contribution is 6.00. The van der Waals surface area contributed by atoms with Crippen LogP contribution in [0.4, 0.5) is 11.4 Å². The van der Waals surface area contributed by atoms with E-state index in [1.54, 1.807) is 0 Å². The maximum absolute atomic E-state index is 12.9. The molecule has 1 heterocycles. The second kappa shape index (κ2) is 6.84. The van der Waals surface area contributed by atoms with Crippen LogP contribution >= 0.6 is 0 Å². The van der Waals surface area contributed by atoms with E-state index in [2.05, 4.69) is 5.32 Å². The molecule has 2 amide bonds. The van der Waals surface area contributed by atoms with Crippen LogP contribution in [-0.4, -0.2) is 18.4 Å². The summed E-state index contributed by atoms with van der Waals surface area (Å²) >= 11 is 0. The molecule has 0 atom stereocenters. The zero-order chi connectivity index (χ0) is 19.0. The Labute approximate surface area is 160 Å². The van der Waals surface area contributed by atoms with Crippen molar-refractivity contribution in [3.63, 3.8) is 0 Å². The first-order valence-corrected chi connectivity index (χ1v) is 9.75. The minimum atomic E-state index is -0.620. The van der Waals surface area contributed by atoms with Gasteiger partial charge in [-0.2, -0.15) is 0 Å². The van der Waals surface area contributed by atoms with Crippen molar-refractivity contribution in [3.05, 3.63) is 59.7 Å². The molecule has 2 aliphatic rings. The highest BCUT2D eigenvalue weighted by atomic mass is 16.2. The molecule has 2 aromatic rings. The van der Waals surface area contributed by atoms with Gasteiger partial charge in [-0.15, -0.1) is 0 Å². The van der Waals surface area contributed by atoms with Gasteiger partial charge in [0.15, 0.2) is 0 Å². The predicted octanol–water partition coefficient (Wildman–Crippen LogP) is 4.29. The number of anilines is 2. The van der Waals surface area contributed by atoms with Gasteiger partial charge in [-0.25, -0.2) is 0 Å². The molecule has 1 saturated carbocycles. The fourth-order valence-electron chi connectivity index (χ4n) is 3.67. The molecule has 4 nitrogen and oxygen atoms in total. The molecule has 0 saturated heterocycles. The number of fused-ring (bicyclic) bond motifs is 1. The average Bonchev–Trinajstić information content (AvgIpc) is 3.49. The summed E-state index contributed by atoms with van der Waals surface area (Å²) < 4.78 is 0. The van der Waals surface area contributed by atoms with Gasteiger partial charge in [0.2, 0.25) is 11.8 Å². The van der Waals surface area contributed by atoms with Crippen molar-refractivity contribution in [1.82, 2.24) is 0 Å². The Morgan fingerprint density at radius 2 is 1.85 bits per heavy atom. The monoisotopic (exact) mass is 362 g/mol. The molecule has 0 aromatic heterocycles. The fourth-order valence-corrected chi connectivity index (χ4v) is 3.67. The van der Waals surface area contributed by atoms with Crippen LogP contribution in [0.15, 0.2) is 48.5 Å². The summed E-state index contributed by atoms with van der Waals surface area (Å²) in [6, 6.07) is 15.7. The minimum absolute atomic E-state index is 0.0321. The largest absolute Gasteiger partial charge is 0.325 e. The van der Waals surface area contributed by atoms with E-state index in [0.717, 1.165) is 35.5 Å². The zero-order valence-corrected chi connectivity index (χ0v) is 16.0. The highest BCUT2D eigenvalue weighted by Gasteiger charge is 2.32. The minimum Gasteiger partial charge on any atom is -0.325 e. The summed E-state index contributed by atoms with van der Waals surface area (Å²) in [5.74, 6) is 0.845. The quantitative estimate of drug-likeness (QED) is 0.862. The number of nitrogens with one attached hydrogen (secondary N) is 1. The van der Waals surface area contributed by atoms with E-state index < -0.39 is 5.41 Å². The van der Waals surface area contributed by atoms with Crippen LogP contribution < -0.4 is 10.2 Å². The van der Waals surface area contributed by atoms with Crippen molar-refractivity contribution in [2.24, 2.45) is 5.92 Å². The van der Waals surface area contributed by atoms with E-state index >= 15 is 0 Å². The van der Waals surface area contributed by atoms with Gasteiger partial charge in [0.1, 0.15) is 0 Å². The predicted molar refractivity (Wildman–Crippen MR) is 108 cm³/mol. The lowest BCUT2D eigenvalue weighted by Gasteiger charge is -2.30. The van der Waals surface area contributed by atoms with Crippen LogP contribution in [0.3, 0.4) is 0 Å². The van der Waals surface area contributed by atoms with Crippen LogP contribution in [0.25, 0.3) is 0 Å². The third-order valence-electron chi connectivity index (χ3n) is 5.74. The zero-order valence-electron chi connectivity index (χ0n) is 16.0. The molecule has 1 fully saturated rings. The number of hydrogen-bond acceptors (Lipinski definition) is 2. The molecule has 2 aromatic carbocycles.